The molecule has 0 saturated carbocycles. The number of hydrogen-bond acceptors (Lipinski definition) is 2. The normalized spacial score (nSPS) is 11.6. The number of alkyl halides is 1. The Hall–Kier alpha value is -0.730. The molecule has 17 heavy (non-hydrogen) atoms. The molecule has 0 bridgehead atoms. The molecule has 0 saturated heterocycles. The Morgan fingerprint density at radius 1 is 1.35 bits per heavy atom. The van der Waals surface area contributed by atoms with Crippen molar-refractivity contribution in [3.8, 4) is 5.75 Å². The molecule has 0 unspecified atom stereocenters. The van der Waals surface area contributed by atoms with Crippen molar-refractivity contribution in [2.45, 2.75) is 26.2 Å². The zero-order valence-electron chi connectivity index (χ0n) is 11.1. The molecule has 1 aromatic carbocycles. The van der Waals surface area contributed by atoms with Crippen molar-refractivity contribution in [2.24, 2.45) is 0 Å². The molecule has 1 rings (SSSR count). The lowest BCUT2D eigenvalue weighted by Gasteiger charge is -2.26. The number of aryl methyl sites for hydroxylation is 1. The fourth-order valence-corrected chi connectivity index (χ4v) is 2.00. The Bertz CT molecular complexity index is 363. The number of benzene rings is 1. The number of hydrogen-bond donors (Lipinski definition) is 1. The van der Waals surface area contributed by atoms with Crippen LogP contribution in [0.3, 0.4) is 0 Å². The second-order valence-corrected chi connectivity index (χ2v) is 5.31. The third-order valence-electron chi connectivity index (χ3n) is 3.01. The fraction of sp³-hybridized carbons (Fsp3) is 0.571. The Kier molecular flexibility index (Phi) is 5.29. The average Bonchev–Trinajstić information content (AvgIpc) is 2.29. The van der Waals surface area contributed by atoms with Gasteiger partial charge in [-0.25, -0.2) is 0 Å². The van der Waals surface area contributed by atoms with E-state index in [2.05, 4.69) is 38.2 Å². The predicted molar refractivity (Wildman–Crippen MR) is 74.3 cm³/mol. The van der Waals surface area contributed by atoms with Crippen LogP contribution in [-0.2, 0) is 5.41 Å². The Morgan fingerprint density at radius 2 is 2.06 bits per heavy atom. The van der Waals surface area contributed by atoms with Crippen molar-refractivity contribution in [2.75, 3.05) is 26.1 Å². The first-order valence-corrected chi connectivity index (χ1v) is 6.46. The molecular formula is C14H22ClNO. The van der Waals surface area contributed by atoms with Crippen LogP contribution in [-0.4, -0.2) is 26.1 Å². The highest BCUT2D eigenvalue weighted by atomic mass is 35.5. The van der Waals surface area contributed by atoms with E-state index >= 15 is 0 Å². The van der Waals surface area contributed by atoms with Gasteiger partial charge in [-0.05, 0) is 24.1 Å². The molecule has 0 spiro atoms. The summed E-state index contributed by atoms with van der Waals surface area (Å²) in [5, 5.41) is 3.36. The number of methoxy groups -OCH3 is 1. The lowest BCUT2D eigenvalue weighted by molar-refractivity contribution is 0.410. The van der Waals surface area contributed by atoms with Crippen LogP contribution in [0.5, 0.6) is 5.75 Å². The second kappa shape index (κ2) is 6.27. The highest BCUT2D eigenvalue weighted by molar-refractivity contribution is 6.18. The molecule has 0 amide bonds. The summed E-state index contributed by atoms with van der Waals surface area (Å²) >= 11 is 5.66. The van der Waals surface area contributed by atoms with Gasteiger partial charge >= 0.3 is 0 Å². The number of ether oxygens (including phenoxy) is 1. The third kappa shape index (κ3) is 3.90. The van der Waals surface area contributed by atoms with E-state index in [1.54, 1.807) is 7.11 Å². The van der Waals surface area contributed by atoms with Gasteiger partial charge in [-0.15, -0.1) is 11.6 Å². The van der Waals surface area contributed by atoms with Gasteiger partial charge in [-0.1, -0.05) is 26.0 Å². The largest absolute Gasteiger partial charge is 0.496 e. The smallest absolute Gasteiger partial charge is 0.121 e. The summed E-state index contributed by atoms with van der Waals surface area (Å²) in [5.74, 6) is 1.59. The number of nitrogens with one attached hydrogen (secondary N) is 1. The van der Waals surface area contributed by atoms with Crippen molar-refractivity contribution in [3.63, 3.8) is 0 Å². The molecule has 2 nitrogen and oxygen atoms in total. The average molecular weight is 256 g/mol. The fourth-order valence-electron chi connectivity index (χ4n) is 1.87. The Balaban J connectivity index is 2.80. The van der Waals surface area contributed by atoms with Crippen molar-refractivity contribution in [3.05, 3.63) is 29.3 Å². The van der Waals surface area contributed by atoms with E-state index in [0.29, 0.717) is 5.88 Å². The van der Waals surface area contributed by atoms with E-state index in [1.165, 1.54) is 11.1 Å². The SMILES string of the molecule is COc1ccc(C(C)(C)CNCCCl)cc1C. The van der Waals surface area contributed by atoms with Gasteiger partial charge in [-0.2, -0.15) is 0 Å². The van der Waals surface area contributed by atoms with Gasteiger partial charge in [0.2, 0.25) is 0 Å². The maximum atomic E-state index is 5.66. The van der Waals surface area contributed by atoms with Gasteiger partial charge in [0.1, 0.15) is 5.75 Å². The van der Waals surface area contributed by atoms with E-state index in [0.717, 1.165) is 18.8 Å². The predicted octanol–water partition coefficient (Wildman–Crippen LogP) is 3.11. The Morgan fingerprint density at radius 3 is 2.59 bits per heavy atom. The van der Waals surface area contributed by atoms with Gasteiger partial charge in [0.05, 0.1) is 7.11 Å². The topological polar surface area (TPSA) is 21.3 Å². The molecule has 1 aromatic rings. The summed E-state index contributed by atoms with van der Waals surface area (Å²) in [6.07, 6.45) is 0. The molecule has 0 fully saturated rings. The van der Waals surface area contributed by atoms with Gasteiger partial charge < -0.3 is 10.1 Å². The standard InChI is InChI=1S/C14H22ClNO/c1-11-9-12(5-6-13(11)17-4)14(2,3)10-16-8-7-15/h5-6,9,16H,7-8,10H2,1-4H3. The van der Waals surface area contributed by atoms with Crippen molar-refractivity contribution < 1.29 is 4.74 Å². The summed E-state index contributed by atoms with van der Waals surface area (Å²) in [7, 11) is 1.70. The molecule has 0 atom stereocenters. The molecule has 96 valence electrons. The minimum absolute atomic E-state index is 0.100. The zero-order valence-corrected chi connectivity index (χ0v) is 11.9. The highest BCUT2D eigenvalue weighted by Crippen LogP contribution is 2.27. The first kappa shape index (κ1) is 14.3. The van der Waals surface area contributed by atoms with Gasteiger partial charge in [-0.3, -0.25) is 0 Å². The number of rotatable bonds is 6. The van der Waals surface area contributed by atoms with Gasteiger partial charge in [0.25, 0.3) is 0 Å². The van der Waals surface area contributed by atoms with Crippen molar-refractivity contribution >= 4 is 11.6 Å². The Labute approximate surface area is 109 Å². The molecule has 0 heterocycles. The van der Waals surface area contributed by atoms with E-state index in [1.807, 2.05) is 6.07 Å². The molecule has 0 aromatic heterocycles. The van der Waals surface area contributed by atoms with Crippen LogP contribution in [0.4, 0.5) is 0 Å². The van der Waals surface area contributed by atoms with E-state index in [9.17, 15) is 0 Å². The molecule has 0 aliphatic heterocycles. The first-order valence-electron chi connectivity index (χ1n) is 5.93. The van der Waals surface area contributed by atoms with Crippen LogP contribution in [0.2, 0.25) is 0 Å². The van der Waals surface area contributed by atoms with Crippen LogP contribution in [0.25, 0.3) is 0 Å². The quantitative estimate of drug-likeness (QED) is 0.623. The summed E-state index contributed by atoms with van der Waals surface area (Å²) < 4.78 is 5.28. The first-order chi connectivity index (χ1) is 8.01. The minimum atomic E-state index is 0.100. The highest BCUT2D eigenvalue weighted by Gasteiger charge is 2.20. The maximum Gasteiger partial charge on any atom is 0.121 e. The van der Waals surface area contributed by atoms with Crippen LogP contribution in [0.1, 0.15) is 25.0 Å². The number of halogens is 1. The maximum absolute atomic E-state index is 5.66. The molecule has 0 radical (unpaired) electrons. The second-order valence-electron chi connectivity index (χ2n) is 4.93. The third-order valence-corrected chi connectivity index (χ3v) is 3.20. The summed E-state index contributed by atoms with van der Waals surface area (Å²) in [6.45, 7) is 8.31. The van der Waals surface area contributed by atoms with Gasteiger partial charge in [0, 0.05) is 24.4 Å². The minimum Gasteiger partial charge on any atom is -0.496 e. The van der Waals surface area contributed by atoms with E-state index < -0.39 is 0 Å². The molecular weight excluding hydrogens is 234 g/mol. The lowest BCUT2D eigenvalue weighted by Crippen LogP contribution is -2.34. The molecule has 0 aliphatic carbocycles. The van der Waals surface area contributed by atoms with Crippen LogP contribution in [0, 0.1) is 6.92 Å². The van der Waals surface area contributed by atoms with Crippen LogP contribution >= 0.6 is 11.6 Å². The summed E-state index contributed by atoms with van der Waals surface area (Å²) in [6, 6.07) is 6.36. The van der Waals surface area contributed by atoms with Crippen LogP contribution < -0.4 is 10.1 Å². The van der Waals surface area contributed by atoms with Crippen molar-refractivity contribution in [1.82, 2.24) is 5.32 Å². The molecule has 0 aliphatic rings. The van der Waals surface area contributed by atoms with Crippen molar-refractivity contribution in [1.29, 1.82) is 0 Å². The summed E-state index contributed by atoms with van der Waals surface area (Å²) in [4.78, 5) is 0. The molecule has 1 N–H and O–H groups in total. The van der Waals surface area contributed by atoms with Gasteiger partial charge in [0.15, 0.2) is 0 Å². The monoisotopic (exact) mass is 255 g/mol. The lowest BCUT2D eigenvalue weighted by atomic mass is 9.84. The van der Waals surface area contributed by atoms with E-state index in [4.69, 9.17) is 16.3 Å². The molecule has 3 heteroatoms. The zero-order chi connectivity index (χ0) is 12.9. The van der Waals surface area contributed by atoms with E-state index in [-0.39, 0.29) is 5.41 Å². The summed E-state index contributed by atoms with van der Waals surface area (Å²) in [5.41, 5.74) is 2.59. The van der Waals surface area contributed by atoms with Crippen LogP contribution in [0.15, 0.2) is 18.2 Å².